The third-order valence-electron chi connectivity index (χ3n) is 3.79. The van der Waals surface area contributed by atoms with Gasteiger partial charge in [0.25, 0.3) is 0 Å². The second-order valence-corrected chi connectivity index (χ2v) is 5.26. The molecule has 2 atom stereocenters. The minimum absolute atomic E-state index is 0.185. The Morgan fingerprint density at radius 1 is 1.05 bits per heavy atom. The van der Waals surface area contributed by atoms with Crippen molar-refractivity contribution in [2.75, 3.05) is 0 Å². The van der Waals surface area contributed by atoms with Crippen LogP contribution >= 0.6 is 0 Å². The molecule has 2 unspecified atom stereocenters. The summed E-state index contributed by atoms with van der Waals surface area (Å²) < 4.78 is 13.0. The van der Waals surface area contributed by atoms with Crippen LogP contribution in [0.4, 0.5) is 4.39 Å². The summed E-state index contributed by atoms with van der Waals surface area (Å²) in [7, 11) is 0. The van der Waals surface area contributed by atoms with Crippen molar-refractivity contribution >= 4 is 0 Å². The Labute approximate surface area is 120 Å². The minimum atomic E-state index is -0.185. The van der Waals surface area contributed by atoms with Gasteiger partial charge < -0.3 is 5.32 Å². The number of nitrogens with one attached hydrogen (secondary N) is 1. The number of halogens is 1. The summed E-state index contributed by atoms with van der Waals surface area (Å²) in [5.74, 6) is -0.185. The van der Waals surface area contributed by atoms with Gasteiger partial charge in [0.15, 0.2) is 0 Å². The van der Waals surface area contributed by atoms with E-state index in [1.54, 1.807) is 0 Å². The predicted octanol–water partition coefficient (Wildman–Crippen LogP) is 4.94. The largest absolute Gasteiger partial charge is 0.303 e. The highest BCUT2D eigenvalue weighted by Gasteiger charge is 2.14. The molecule has 106 valence electrons. The molecule has 1 N–H and O–H groups in total. The molecule has 0 fully saturated rings. The molecular formula is C18H22FN. The molecule has 2 heteroatoms. The lowest BCUT2D eigenvalue weighted by atomic mass is 9.99. The van der Waals surface area contributed by atoms with E-state index in [-0.39, 0.29) is 17.9 Å². The summed E-state index contributed by atoms with van der Waals surface area (Å²) in [5.41, 5.74) is 3.74. The van der Waals surface area contributed by atoms with Crippen LogP contribution in [-0.4, -0.2) is 0 Å². The van der Waals surface area contributed by atoms with Crippen LogP contribution in [0.15, 0.2) is 48.5 Å². The monoisotopic (exact) mass is 271 g/mol. The van der Waals surface area contributed by atoms with Crippen LogP contribution in [0.1, 0.15) is 49.0 Å². The van der Waals surface area contributed by atoms with E-state index in [9.17, 15) is 4.39 Å². The SMILES string of the molecule is CCC(NC(C)c1ccccc1C)c1ccc(F)cc1. The normalized spacial score (nSPS) is 14.0. The summed E-state index contributed by atoms with van der Waals surface area (Å²) in [4.78, 5) is 0. The van der Waals surface area contributed by atoms with Crippen LogP contribution in [0.3, 0.4) is 0 Å². The van der Waals surface area contributed by atoms with E-state index < -0.39 is 0 Å². The molecule has 0 aliphatic carbocycles. The van der Waals surface area contributed by atoms with Crippen LogP contribution in [0, 0.1) is 12.7 Å². The Morgan fingerprint density at radius 2 is 1.70 bits per heavy atom. The molecule has 0 radical (unpaired) electrons. The molecule has 2 aromatic rings. The van der Waals surface area contributed by atoms with Crippen molar-refractivity contribution in [3.05, 3.63) is 71.0 Å². The fraction of sp³-hybridized carbons (Fsp3) is 0.333. The lowest BCUT2D eigenvalue weighted by Gasteiger charge is -2.24. The van der Waals surface area contributed by atoms with E-state index in [1.807, 2.05) is 12.1 Å². The van der Waals surface area contributed by atoms with Gasteiger partial charge in [0.05, 0.1) is 0 Å². The zero-order valence-corrected chi connectivity index (χ0v) is 12.4. The molecule has 0 heterocycles. The average molecular weight is 271 g/mol. The first-order chi connectivity index (χ1) is 9.61. The minimum Gasteiger partial charge on any atom is -0.303 e. The van der Waals surface area contributed by atoms with Crippen LogP contribution in [0.25, 0.3) is 0 Å². The van der Waals surface area contributed by atoms with Crippen molar-refractivity contribution in [1.82, 2.24) is 5.32 Å². The molecular weight excluding hydrogens is 249 g/mol. The van der Waals surface area contributed by atoms with Gasteiger partial charge >= 0.3 is 0 Å². The topological polar surface area (TPSA) is 12.0 Å². The third kappa shape index (κ3) is 3.45. The number of benzene rings is 2. The van der Waals surface area contributed by atoms with Gasteiger partial charge in [-0.15, -0.1) is 0 Å². The number of aryl methyl sites for hydroxylation is 1. The molecule has 0 spiro atoms. The van der Waals surface area contributed by atoms with Crippen molar-refractivity contribution in [1.29, 1.82) is 0 Å². The second kappa shape index (κ2) is 6.67. The van der Waals surface area contributed by atoms with Crippen LogP contribution in [0.5, 0.6) is 0 Å². The Balaban J connectivity index is 2.14. The molecule has 0 bridgehead atoms. The first-order valence-corrected chi connectivity index (χ1v) is 7.19. The number of hydrogen-bond donors (Lipinski definition) is 1. The van der Waals surface area contributed by atoms with Gasteiger partial charge in [0, 0.05) is 12.1 Å². The summed E-state index contributed by atoms with van der Waals surface area (Å²) in [6.07, 6.45) is 0.974. The van der Waals surface area contributed by atoms with Crippen LogP contribution in [-0.2, 0) is 0 Å². The van der Waals surface area contributed by atoms with E-state index >= 15 is 0 Å². The van der Waals surface area contributed by atoms with Crippen molar-refractivity contribution in [3.8, 4) is 0 Å². The highest BCUT2D eigenvalue weighted by molar-refractivity contribution is 5.29. The second-order valence-electron chi connectivity index (χ2n) is 5.26. The molecule has 2 rings (SSSR count). The van der Waals surface area contributed by atoms with E-state index in [4.69, 9.17) is 0 Å². The molecule has 0 aliphatic heterocycles. The van der Waals surface area contributed by atoms with Crippen LogP contribution < -0.4 is 5.32 Å². The van der Waals surface area contributed by atoms with E-state index in [1.165, 1.54) is 23.3 Å². The molecule has 0 aromatic heterocycles. The van der Waals surface area contributed by atoms with Crippen molar-refractivity contribution in [3.63, 3.8) is 0 Å². The summed E-state index contributed by atoms with van der Waals surface area (Å²) in [5, 5.41) is 3.64. The molecule has 1 nitrogen and oxygen atoms in total. The molecule has 0 saturated heterocycles. The van der Waals surface area contributed by atoms with Crippen molar-refractivity contribution < 1.29 is 4.39 Å². The fourth-order valence-corrected chi connectivity index (χ4v) is 2.61. The quantitative estimate of drug-likeness (QED) is 0.812. The highest BCUT2D eigenvalue weighted by atomic mass is 19.1. The van der Waals surface area contributed by atoms with Gasteiger partial charge in [-0.1, -0.05) is 43.3 Å². The zero-order chi connectivity index (χ0) is 14.5. The molecule has 0 amide bonds. The predicted molar refractivity (Wildman–Crippen MR) is 82.2 cm³/mol. The van der Waals surface area contributed by atoms with Gasteiger partial charge in [0.1, 0.15) is 5.82 Å². The van der Waals surface area contributed by atoms with Crippen LogP contribution in [0.2, 0.25) is 0 Å². The van der Waals surface area contributed by atoms with Crippen molar-refractivity contribution in [2.45, 2.75) is 39.3 Å². The Hall–Kier alpha value is -1.67. The Bertz CT molecular complexity index is 548. The molecule has 0 saturated carbocycles. The third-order valence-corrected chi connectivity index (χ3v) is 3.79. The number of rotatable bonds is 5. The summed E-state index contributed by atoms with van der Waals surface area (Å²) in [6, 6.07) is 15.7. The zero-order valence-electron chi connectivity index (χ0n) is 12.4. The highest BCUT2D eigenvalue weighted by Crippen LogP contribution is 2.24. The maximum absolute atomic E-state index is 13.0. The fourth-order valence-electron chi connectivity index (χ4n) is 2.61. The molecule has 20 heavy (non-hydrogen) atoms. The number of hydrogen-bond acceptors (Lipinski definition) is 1. The first-order valence-electron chi connectivity index (χ1n) is 7.19. The maximum atomic E-state index is 13.0. The van der Waals surface area contributed by atoms with E-state index in [2.05, 4.69) is 50.4 Å². The van der Waals surface area contributed by atoms with Gasteiger partial charge in [-0.3, -0.25) is 0 Å². The Morgan fingerprint density at radius 3 is 2.30 bits per heavy atom. The maximum Gasteiger partial charge on any atom is 0.123 e. The van der Waals surface area contributed by atoms with Gasteiger partial charge in [-0.2, -0.15) is 0 Å². The summed E-state index contributed by atoms with van der Waals surface area (Å²) in [6.45, 7) is 6.45. The van der Waals surface area contributed by atoms with Gasteiger partial charge in [-0.25, -0.2) is 4.39 Å². The first kappa shape index (κ1) is 14.7. The smallest absolute Gasteiger partial charge is 0.123 e. The average Bonchev–Trinajstić information content (AvgIpc) is 2.46. The molecule has 2 aromatic carbocycles. The van der Waals surface area contributed by atoms with E-state index in [0.717, 1.165) is 12.0 Å². The van der Waals surface area contributed by atoms with Crippen molar-refractivity contribution in [2.24, 2.45) is 0 Å². The lowest BCUT2D eigenvalue weighted by Crippen LogP contribution is -2.24. The lowest BCUT2D eigenvalue weighted by molar-refractivity contribution is 0.454. The van der Waals surface area contributed by atoms with Gasteiger partial charge in [0.2, 0.25) is 0 Å². The summed E-state index contributed by atoms with van der Waals surface area (Å²) >= 11 is 0. The standard InChI is InChI=1S/C18H22FN/c1-4-18(15-9-11-16(19)12-10-15)20-14(3)17-8-6-5-7-13(17)2/h5-12,14,18,20H,4H2,1-3H3. The van der Waals surface area contributed by atoms with Gasteiger partial charge in [-0.05, 0) is 49.1 Å². The Kier molecular flexibility index (Phi) is 4.91. The van der Waals surface area contributed by atoms with E-state index in [0.29, 0.717) is 0 Å². The molecule has 0 aliphatic rings.